The monoisotopic (exact) mass is 457 g/mol. The molecule has 2 aromatic rings. The molecule has 0 saturated carbocycles. The van der Waals surface area contributed by atoms with Crippen LogP contribution in [-0.2, 0) is 23.0 Å². The van der Waals surface area contributed by atoms with E-state index in [0.717, 1.165) is 24.0 Å². The smallest absolute Gasteiger partial charge is 0.261 e. The third-order valence-corrected chi connectivity index (χ3v) is 7.13. The molecule has 0 bridgehead atoms. The first-order valence-electron chi connectivity index (χ1n) is 10.3. The fraction of sp³-hybridized carbons (Fsp3) is 0.333. The molecule has 0 amide bonds. The van der Waals surface area contributed by atoms with E-state index in [9.17, 15) is 8.42 Å². The van der Waals surface area contributed by atoms with Gasteiger partial charge >= 0.3 is 0 Å². The van der Waals surface area contributed by atoms with Gasteiger partial charge in [-0.3, -0.25) is 15.5 Å². The average Bonchev–Trinajstić information content (AvgIpc) is 3.22. The molecule has 2 aliphatic rings. The van der Waals surface area contributed by atoms with E-state index < -0.39 is 10.0 Å². The van der Waals surface area contributed by atoms with Crippen molar-refractivity contribution < 1.29 is 13.2 Å². The van der Waals surface area contributed by atoms with E-state index in [1.807, 2.05) is 6.07 Å². The lowest BCUT2D eigenvalue weighted by Crippen LogP contribution is -2.40. The first-order valence-corrected chi connectivity index (χ1v) is 11.8. The Balaban J connectivity index is 1.42. The maximum absolute atomic E-state index is 12.9. The van der Waals surface area contributed by atoms with Gasteiger partial charge in [0.15, 0.2) is 11.9 Å². The van der Waals surface area contributed by atoms with Gasteiger partial charge in [0, 0.05) is 31.7 Å². The second-order valence-corrected chi connectivity index (χ2v) is 9.66. The van der Waals surface area contributed by atoms with Gasteiger partial charge in [-0.05, 0) is 53.9 Å². The van der Waals surface area contributed by atoms with Gasteiger partial charge in [-0.1, -0.05) is 6.07 Å². The van der Waals surface area contributed by atoms with Crippen LogP contribution in [0.3, 0.4) is 0 Å². The standard InChI is InChI=1S/C21H27N7O3S/c22-20(23)27-9-7-14-1-2-16(11-15(14)12-27)26-32(29,30)19-5-3-17(4-6-19)31-18-8-10-28(13-18)21(24)25/h1-6,11,18,26H,7-10,12-13H2,(H3,22,23)(H3,24,25)/t18-/m0/s1. The number of ether oxygens (including phenoxy) is 1. The van der Waals surface area contributed by atoms with E-state index >= 15 is 0 Å². The molecule has 1 fully saturated rings. The molecule has 0 aromatic heterocycles. The van der Waals surface area contributed by atoms with Crippen LogP contribution in [0.25, 0.3) is 0 Å². The fourth-order valence-electron chi connectivity index (χ4n) is 3.97. The minimum Gasteiger partial charge on any atom is -0.489 e. The van der Waals surface area contributed by atoms with Crippen LogP contribution in [0.2, 0.25) is 0 Å². The first-order chi connectivity index (χ1) is 15.2. The molecule has 4 rings (SSSR count). The molecule has 0 spiro atoms. The highest BCUT2D eigenvalue weighted by Crippen LogP contribution is 2.25. The van der Waals surface area contributed by atoms with E-state index in [2.05, 4.69) is 4.72 Å². The fourth-order valence-corrected chi connectivity index (χ4v) is 5.02. The van der Waals surface area contributed by atoms with Gasteiger partial charge < -0.3 is 26.0 Å². The highest BCUT2D eigenvalue weighted by Gasteiger charge is 2.25. The zero-order chi connectivity index (χ0) is 22.9. The molecule has 170 valence electrons. The van der Waals surface area contributed by atoms with Crippen LogP contribution < -0.4 is 20.9 Å². The van der Waals surface area contributed by atoms with Crippen LogP contribution in [-0.4, -0.2) is 55.9 Å². The number of anilines is 1. The Bertz CT molecular complexity index is 1130. The van der Waals surface area contributed by atoms with Crippen molar-refractivity contribution in [3.05, 3.63) is 53.6 Å². The Morgan fingerprint density at radius 3 is 2.38 bits per heavy atom. The molecule has 0 radical (unpaired) electrons. The summed E-state index contributed by atoms with van der Waals surface area (Å²) in [4.78, 5) is 3.62. The van der Waals surface area contributed by atoms with Crippen molar-refractivity contribution in [2.45, 2.75) is 30.4 Å². The van der Waals surface area contributed by atoms with Crippen molar-refractivity contribution in [2.24, 2.45) is 11.5 Å². The third kappa shape index (κ3) is 4.72. The molecule has 2 aliphatic heterocycles. The lowest BCUT2D eigenvalue weighted by Gasteiger charge is -2.29. The molecule has 2 heterocycles. The summed E-state index contributed by atoms with van der Waals surface area (Å²) < 4.78 is 34.2. The van der Waals surface area contributed by atoms with Gasteiger partial charge in [-0.2, -0.15) is 0 Å². The number of guanidine groups is 2. The van der Waals surface area contributed by atoms with Crippen molar-refractivity contribution in [3.8, 4) is 5.75 Å². The summed E-state index contributed by atoms with van der Waals surface area (Å²) in [7, 11) is -3.77. The van der Waals surface area contributed by atoms with E-state index in [-0.39, 0.29) is 22.9 Å². The molecule has 2 aromatic carbocycles. The quantitative estimate of drug-likeness (QED) is 0.331. The topological polar surface area (TPSA) is 162 Å². The van der Waals surface area contributed by atoms with Gasteiger partial charge in [0.2, 0.25) is 0 Å². The summed E-state index contributed by atoms with van der Waals surface area (Å²) in [6.45, 7) is 2.36. The van der Waals surface area contributed by atoms with Crippen LogP contribution in [0, 0.1) is 10.8 Å². The summed E-state index contributed by atoms with van der Waals surface area (Å²) in [6.07, 6.45) is 1.42. The highest BCUT2D eigenvalue weighted by atomic mass is 32.2. The molecule has 1 saturated heterocycles. The molecule has 7 N–H and O–H groups in total. The Morgan fingerprint density at radius 2 is 1.72 bits per heavy atom. The summed E-state index contributed by atoms with van der Waals surface area (Å²) >= 11 is 0. The van der Waals surface area contributed by atoms with Crippen molar-refractivity contribution >= 4 is 27.6 Å². The summed E-state index contributed by atoms with van der Waals surface area (Å²) in [5.74, 6) is 0.604. The van der Waals surface area contributed by atoms with Crippen LogP contribution in [0.5, 0.6) is 5.75 Å². The van der Waals surface area contributed by atoms with Gasteiger partial charge in [-0.25, -0.2) is 8.42 Å². The maximum Gasteiger partial charge on any atom is 0.261 e. The zero-order valence-electron chi connectivity index (χ0n) is 17.5. The van der Waals surface area contributed by atoms with Gasteiger partial charge in [0.05, 0.1) is 11.4 Å². The molecule has 10 nitrogen and oxygen atoms in total. The van der Waals surface area contributed by atoms with E-state index in [4.69, 9.17) is 27.0 Å². The normalized spacial score (nSPS) is 18.2. The number of nitrogens with two attached hydrogens (primary N) is 2. The van der Waals surface area contributed by atoms with E-state index in [0.29, 0.717) is 37.6 Å². The van der Waals surface area contributed by atoms with Crippen LogP contribution in [0.15, 0.2) is 47.4 Å². The van der Waals surface area contributed by atoms with Crippen molar-refractivity contribution in [3.63, 3.8) is 0 Å². The molecular formula is C21H27N7O3S. The molecule has 1 atom stereocenters. The van der Waals surface area contributed by atoms with Crippen molar-refractivity contribution in [2.75, 3.05) is 24.4 Å². The largest absolute Gasteiger partial charge is 0.489 e. The Morgan fingerprint density at radius 1 is 1.00 bits per heavy atom. The lowest BCUT2D eigenvalue weighted by molar-refractivity contribution is 0.214. The Kier molecular flexibility index (Phi) is 5.83. The molecule has 0 aliphatic carbocycles. The SMILES string of the molecule is N=C(N)N1CCc2ccc(NS(=O)(=O)c3ccc(O[C@H]4CCN(C(=N)N)C4)cc3)cc2C1. The van der Waals surface area contributed by atoms with Gasteiger partial charge in [0.1, 0.15) is 11.9 Å². The second-order valence-electron chi connectivity index (χ2n) is 7.98. The van der Waals surface area contributed by atoms with Gasteiger partial charge in [0.25, 0.3) is 10.0 Å². The lowest BCUT2D eigenvalue weighted by atomic mass is 9.99. The highest BCUT2D eigenvalue weighted by molar-refractivity contribution is 7.92. The number of sulfonamides is 1. The van der Waals surface area contributed by atoms with Crippen molar-refractivity contribution in [1.82, 2.24) is 9.80 Å². The van der Waals surface area contributed by atoms with Crippen LogP contribution in [0.1, 0.15) is 17.5 Å². The number of hydrogen-bond acceptors (Lipinski definition) is 5. The minimum atomic E-state index is -3.77. The Hall–Kier alpha value is -3.47. The second kappa shape index (κ2) is 8.58. The molecule has 0 unspecified atom stereocenters. The van der Waals surface area contributed by atoms with Gasteiger partial charge in [-0.15, -0.1) is 0 Å². The predicted molar refractivity (Wildman–Crippen MR) is 122 cm³/mol. The molecule has 11 heteroatoms. The third-order valence-electron chi connectivity index (χ3n) is 5.73. The Labute approximate surface area is 187 Å². The predicted octanol–water partition coefficient (Wildman–Crippen LogP) is 1.09. The number of benzene rings is 2. The first kappa shape index (κ1) is 21.8. The molecule has 32 heavy (non-hydrogen) atoms. The number of nitrogens with one attached hydrogen (secondary N) is 3. The number of fused-ring (bicyclic) bond motifs is 1. The summed E-state index contributed by atoms with van der Waals surface area (Å²) in [6, 6.07) is 11.7. The number of nitrogens with zero attached hydrogens (tertiary/aromatic N) is 2. The van der Waals surface area contributed by atoms with Crippen molar-refractivity contribution in [1.29, 1.82) is 10.8 Å². The number of hydrogen-bond donors (Lipinski definition) is 5. The minimum absolute atomic E-state index is 0.00977. The maximum atomic E-state index is 12.9. The summed E-state index contributed by atoms with van der Waals surface area (Å²) in [5.41, 5.74) is 13.6. The summed E-state index contributed by atoms with van der Waals surface area (Å²) in [5, 5.41) is 15.1. The molecular weight excluding hydrogens is 430 g/mol. The average molecular weight is 458 g/mol. The zero-order valence-corrected chi connectivity index (χ0v) is 18.4. The van der Waals surface area contributed by atoms with E-state index in [1.165, 1.54) is 12.1 Å². The van der Waals surface area contributed by atoms with E-state index in [1.54, 1.807) is 34.1 Å². The van der Waals surface area contributed by atoms with Crippen LogP contribution >= 0.6 is 0 Å². The van der Waals surface area contributed by atoms with Crippen LogP contribution in [0.4, 0.5) is 5.69 Å². The number of rotatable bonds is 5. The number of likely N-dealkylation sites (tertiary alicyclic amines) is 1.